The van der Waals surface area contributed by atoms with E-state index in [0.29, 0.717) is 23.5 Å². The zero-order valence-corrected chi connectivity index (χ0v) is 21.0. The second-order valence-corrected chi connectivity index (χ2v) is 8.11. The first-order chi connectivity index (χ1) is 15.4. The van der Waals surface area contributed by atoms with Gasteiger partial charge in [0.05, 0.1) is 11.9 Å². The molecule has 0 spiro atoms. The summed E-state index contributed by atoms with van der Waals surface area (Å²) in [5.74, 6) is 1.25. The van der Waals surface area contributed by atoms with Crippen LogP contribution in [0.4, 0.5) is 17.2 Å². The van der Waals surface area contributed by atoms with Gasteiger partial charge >= 0.3 is 0 Å². The van der Waals surface area contributed by atoms with Gasteiger partial charge in [0.1, 0.15) is 11.5 Å². The van der Waals surface area contributed by atoms with Crippen molar-refractivity contribution in [2.45, 2.75) is 53.5 Å². The molecule has 0 saturated carbocycles. The SMILES string of the molecule is C=C(C)N1CC2CCC(C1)N(c1ccc(Nc3cc(Cl)nn(C)c3=O)nc1)C2.CC.CC. The van der Waals surface area contributed by atoms with Crippen molar-refractivity contribution in [1.29, 1.82) is 0 Å². The zero-order chi connectivity index (χ0) is 23.8. The maximum atomic E-state index is 12.2. The Balaban J connectivity index is 0.000000860. The largest absolute Gasteiger partial charge is 0.373 e. The molecule has 2 aromatic rings. The van der Waals surface area contributed by atoms with Gasteiger partial charge in [-0.15, -0.1) is 0 Å². The quantitative estimate of drug-likeness (QED) is 0.687. The van der Waals surface area contributed by atoms with Gasteiger partial charge < -0.3 is 15.1 Å². The molecule has 3 saturated heterocycles. The maximum Gasteiger partial charge on any atom is 0.290 e. The van der Waals surface area contributed by atoms with E-state index in [1.165, 1.54) is 23.6 Å². The first-order valence-corrected chi connectivity index (χ1v) is 11.9. The zero-order valence-electron chi connectivity index (χ0n) is 20.2. The van der Waals surface area contributed by atoms with Gasteiger partial charge in [0.25, 0.3) is 5.56 Å². The molecule has 0 radical (unpaired) electrons. The Labute approximate surface area is 197 Å². The Morgan fingerprint density at radius 1 is 1.16 bits per heavy atom. The number of piperidine rings is 1. The van der Waals surface area contributed by atoms with Gasteiger partial charge in [-0.2, -0.15) is 5.10 Å². The number of hydrogen-bond donors (Lipinski definition) is 1. The smallest absolute Gasteiger partial charge is 0.290 e. The summed E-state index contributed by atoms with van der Waals surface area (Å²) in [7, 11) is 1.57. The molecule has 5 rings (SSSR count). The predicted octanol–water partition coefficient (Wildman–Crippen LogP) is 5.06. The molecule has 8 heteroatoms. The summed E-state index contributed by atoms with van der Waals surface area (Å²) in [4.78, 5) is 21.6. The van der Waals surface area contributed by atoms with Crippen LogP contribution in [0.1, 0.15) is 47.5 Å². The number of hydrogen-bond acceptors (Lipinski definition) is 6. The summed E-state index contributed by atoms with van der Waals surface area (Å²) in [5, 5.41) is 7.19. The van der Waals surface area contributed by atoms with Gasteiger partial charge in [-0.3, -0.25) is 4.79 Å². The van der Waals surface area contributed by atoms with Crippen LogP contribution in [0.25, 0.3) is 0 Å². The number of halogens is 1. The van der Waals surface area contributed by atoms with Crippen molar-refractivity contribution in [3.8, 4) is 0 Å². The normalized spacial score (nSPS) is 19.2. The van der Waals surface area contributed by atoms with Crippen molar-refractivity contribution in [3.63, 3.8) is 0 Å². The lowest BCUT2D eigenvalue weighted by Gasteiger charge is -2.37. The molecule has 2 bridgehead atoms. The molecule has 0 aliphatic carbocycles. The monoisotopic (exact) mass is 460 g/mol. The Hall–Kier alpha value is -2.54. The Kier molecular flexibility index (Phi) is 9.57. The van der Waals surface area contributed by atoms with Gasteiger partial charge in [-0.05, 0) is 37.8 Å². The summed E-state index contributed by atoms with van der Waals surface area (Å²) in [6.45, 7) is 17.4. The molecule has 3 fully saturated rings. The number of rotatable bonds is 4. The number of aromatic nitrogens is 3. The minimum Gasteiger partial charge on any atom is -0.373 e. The van der Waals surface area contributed by atoms with Gasteiger partial charge in [0.2, 0.25) is 0 Å². The van der Waals surface area contributed by atoms with E-state index in [2.05, 4.69) is 44.8 Å². The predicted molar refractivity (Wildman–Crippen MR) is 135 cm³/mol. The molecule has 2 aromatic heterocycles. The molecule has 7 nitrogen and oxygen atoms in total. The van der Waals surface area contributed by atoms with Crippen LogP contribution < -0.4 is 15.8 Å². The minimum atomic E-state index is -0.250. The van der Waals surface area contributed by atoms with E-state index in [0.717, 1.165) is 31.0 Å². The molecular formula is C24H37ClN6O. The highest BCUT2D eigenvalue weighted by atomic mass is 35.5. The first-order valence-electron chi connectivity index (χ1n) is 11.5. The van der Waals surface area contributed by atoms with Crippen LogP contribution in [0, 0.1) is 5.92 Å². The lowest BCUT2D eigenvalue weighted by atomic mass is 9.94. The van der Waals surface area contributed by atoms with Crippen molar-refractivity contribution in [2.24, 2.45) is 13.0 Å². The Bertz CT molecular complexity index is 942. The molecule has 32 heavy (non-hydrogen) atoms. The summed E-state index contributed by atoms with van der Waals surface area (Å²) >= 11 is 5.95. The summed E-state index contributed by atoms with van der Waals surface area (Å²) in [6, 6.07) is 5.95. The molecule has 3 aliphatic rings. The number of allylic oxidation sites excluding steroid dienone is 1. The average Bonchev–Trinajstić information content (AvgIpc) is 3.13. The number of pyridine rings is 1. The van der Waals surface area contributed by atoms with Crippen molar-refractivity contribution in [3.05, 3.63) is 52.2 Å². The molecule has 1 N–H and O–H groups in total. The fourth-order valence-electron chi connectivity index (χ4n) is 4.14. The third-order valence-corrected chi connectivity index (χ3v) is 5.81. The topological polar surface area (TPSA) is 66.3 Å². The van der Waals surface area contributed by atoms with Crippen LogP contribution in [-0.4, -0.2) is 45.3 Å². The van der Waals surface area contributed by atoms with E-state index in [1.54, 1.807) is 7.05 Å². The van der Waals surface area contributed by atoms with Crippen LogP contribution in [0.5, 0.6) is 0 Å². The van der Waals surface area contributed by atoms with Crippen molar-refractivity contribution in [2.75, 3.05) is 29.9 Å². The van der Waals surface area contributed by atoms with E-state index < -0.39 is 0 Å². The summed E-state index contributed by atoms with van der Waals surface area (Å²) in [6.07, 6.45) is 4.34. The molecular weight excluding hydrogens is 424 g/mol. The van der Waals surface area contributed by atoms with Crippen LogP contribution in [-0.2, 0) is 7.05 Å². The highest BCUT2D eigenvalue weighted by Gasteiger charge is 2.34. The highest BCUT2D eigenvalue weighted by molar-refractivity contribution is 6.29. The highest BCUT2D eigenvalue weighted by Crippen LogP contribution is 2.33. The molecule has 2 unspecified atom stereocenters. The molecule has 176 valence electrons. The number of anilines is 3. The number of nitrogens with zero attached hydrogens (tertiary/aromatic N) is 5. The van der Waals surface area contributed by atoms with Crippen LogP contribution in [0.15, 0.2) is 41.5 Å². The van der Waals surface area contributed by atoms with Crippen molar-refractivity contribution in [1.82, 2.24) is 19.7 Å². The maximum absolute atomic E-state index is 12.2. The molecule has 5 heterocycles. The number of nitrogens with one attached hydrogen (secondary N) is 1. The van der Waals surface area contributed by atoms with Gasteiger partial charge in [-0.25, -0.2) is 9.67 Å². The molecule has 0 aromatic carbocycles. The third kappa shape index (κ3) is 6.03. The third-order valence-electron chi connectivity index (χ3n) is 5.63. The van der Waals surface area contributed by atoms with E-state index in [1.807, 2.05) is 40.0 Å². The molecule has 0 amide bonds. The molecule has 3 aliphatic heterocycles. The number of fused-ring (bicyclic) bond motifs is 4. The van der Waals surface area contributed by atoms with Gasteiger partial charge in [-0.1, -0.05) is 45.9 Å². The van der Waals surface area contributed by atoms with Crippen LogP contribution in [0.2, 0.25) is 5.15 Å². The molecule has 2 atom stereocenters. The Morgan fingerprint density at radius 3 is 2.50 bits per heavy atom. The van der Waals surface area contributed by atoms with Gasteiger partial charge in [0, 0.05) is 44.5 Å². The summed E-state index contributed by atoms with van der Waals surface area (Å²) < 4.78 is 1.21. The van der Waals surface area contributed by atoms with Crippen LogP contribution in [0.3, 0.4) is 0 Å². The van der Waals surface area contributed by atoms with Crippen molar-refractivity contribution < 1.29 is 0 Å². The minimum absolute atomic E-state index is 0.250. The fraction of sp³-hybridized carbons (Fsp3) is 0.542. The number of aryl methyl sites for hydroxylation is 1. The Morgan fingerprint density at radius 2 is 1.88 bits per heavy atom. The lowest BCUT2D eigenvalue weighted by Crippen LogP contribution is -2.44. The van der Waals surface area contributed by atoms with E-state index in [-0.39, 0.29) is 10.7 Å². The van der Waals surface area contributed by atoms with Crippen LogP contribution >= 0.6 is 11.6 Å². The lowest BCUT2D eigenvalue weighted by molar-refractivity contribution is 0.330. The second kappa shape index (κ2) is 11.9. The fourth-order valence-corrected chi connectivity index (χ4v) is 4.36. The first kappa shape index (κ1) is 25.7. The summed E-state index contributed by atoms with van der Waals surface area (Å²) in [5.41, 5.74) is 2.37. The van der Waals surface area contributed by atoms with E-state index in [9.17, 15) is 4.79 Å². The second-order valence-electron chi connectivity index (χ2n) is 7.73. The average molecular weight is 461 g/mol. The van der Waals surface area contributed by atoms with Crippen molar-refractivity contribution >= 4 is 28.8 Å². The standard InChI is InChI=1S/C20H25ClN6O.2C2H6/c1-13(2)26-10-14-4-5-16(12-26)27(11-14)15-6-7-19(22-9-15)23-17-8-18(21)24-25(3)20(17)28;2*1-2/h6-9,14,16H,1,4-5,10-12H2,2-3H3,(H,22,23);2*1-2H3. The van der Waals surface area contributed by atoms with E-state index in [4.69, 9.17) is 11.6 Å². The van der Waals surface area contributed by atoms with E-state index >= 15 is 0 Å². The van der Waals surface area contributed by atoms with Gasteiger partial charge in [0.15, 0.2) is 5.15 Å².